The van der Waals surface area contributed by atoms with Gasteiger partial charge in [0.1, 0.15) is 22.7 Å². The van der Waals surface area contributed by atoms with E-state index in [0.29, 0.717) is 33.4 Å². The maximum atomic E-state index is 13.3. The Kier molecular flexibility index (Phi) is 5.22. The highest BCUT2D eigenvalue weighted by atomic mass is 32.2. The molecule has 1 aromatic heterocycles. The topological polar surface area (TPSA) is 90.7 Å². The maximum absolute atomic E-state index is 13.3. The maximum Gasteiger partial charge on any atom is 0.206 e. The number of furan rings is 1. The quantitative estimate of drug-likeness (QED) is 0.302. The van der Waals surface area contributed by atoms with E-state index in [1.807, 2.05) is 31.2 Å². The molecule has 5 aromatic rings. The van der Waals surface area contributed by atoms with Crippen molar-refractivity contribution in [3.63, 3.8) is 0 Å². The number of benzene rings is 4. The second-order valence-corrected chi connectivity index (χ2v) is 12.0. The highest BCUT2D eigenvalue weighted by Gasteiger charge is 2.20. The van der Waals surface area contributed by atoms with Crippen molar-refractivity contribution in [1.29, 1.82) is 0 Å². The van der Waals surface area contributed by atoms with Crippen LogP contribution < -0.4 is 4.74 Å². The predicted molar refractivity (Wildman–Crippen MR) is 130 cm³/mol. The lowest BCUT2D eigenvalue weighted by Gasteiger charge is -2.08. The number of aryl methyl sites for hydroxylation is 1. The minimum absolute atomic E-state index is 0.0830. The standard InChI is InChI=1S/C26H20O6S2/c1-17-3-5-18(6-4-17)31-19-7-9-20(10-8-19)34(29,30)22-12-14-26-24(16-22)23-15-21(33(2,27)28)11-13-25(23)32-26/h3-16H,1-2H3. The number of sulfone groups is 2. The van der Waals surface area contributed by atoms with Crippen LogP contribution in [0.2, 0.25) is 0 Å². The van der Waals surface area contributed by atoms with Crippen LogP contribution >= 0.6 is 0 Å². The SMILES string of the molecule is Cc1ccc(Oc2ccc(S(=O)(=O)c3ccc4oc5ccc(S(C)(=O)=O)cc5c4c3)cc2)cc1. The molecule has 34 heavy (non-hydrogen) atoms. The Balaban J connectivity index is 1.51. The first kappa shape index (κ1) is 22.2. The fraction of sp³-hybridized carbons (Fsp3) is 0.0769. The zero-order valence-electron chi connectivity index (χ0n) is 18.3. The number of hydrogen-bond donors (Lipinski definition) is 0. The lowest BCUT2D eigenvalue weighted by atomic mass is 10.1. The Morgan fingerprint density at radius 1 is 0.618 bits per heavy atom. The van der Waals surface area contributed by atoms with Crippen LogP contribution in [0.4, 0.5) is 0 Å². The van der Waals surface area contributed by atoms with Gasteiger partial charge in [0.05, 0.1) is 14.7 Å². The zero-order valence-corrected chi connectivity index (χ0v) is 20.0. The molecule has 6 nitrogen and oxygen atoms in total. The van der Waals surface area contributed by atoms with Gasteiger partial charge >= 0.3 is 0 Å². The van der Waals surface area contributed by atoms with E-state index in [1.165, 1.54) is 36.4 Å². The summed E-state index contributed by atoms with van der Waals surface area (Å²) in [6.07, 6.45) is 1.12. The summed E-state index contributed by atoms with van der Waals surface area (Å²) in [5, 5.41) is 1.07. The van der Waals surface area contributed by atoms with Gasteiger partial charge in [-0.1, -0.05) is 17.7 Å². The van der Waals surface area contributed by atoms with Crippen molar-refractivity contribution < 1.29 is 26.0 Å². The van der Waals surface area contributed by atoms with E-state index in [-0.39, 0.29) is 14.7 Å². The van der Waals surface area contributed by atoms with E-state index in [1.54, 1.807) is 24.3 Å². The Morgan fingerprint density at radius 3 is 1.65 bits per heavy atom. The summed E-state index contributed by atoms with van der Waals surface area (Å²) in [6, 6.07) is 22.9. The van der Waals surface area contributed by atoms with Crippen LogP contribution in [0.5, 0.6) is 11.5 Å². The molecule has 0 N–H and O–H groups in total. The predicted octanol–water partition coefficient (Wildman–Crippen LogP) is 5.92. The molecule has 0 aliphatic rings. The van der Waals surface area contributed by atoms with E-state index in [0.717, 1.165) is 11.8 Å². The third-order valence-electron chi connectivity index (χ3n) is 5.54. The van der Waals surface area contributed by atoms with Gasteiger partial charge < -0.3 is 9.15 Å². The number of ether oxygens (including phenoxy) is 1. The summed E-state index contributed by atoms with van der Waals surface area (Å²) in [4.78, 5) is 0.340. The average molecular weight is 493 g/mol. The van der Waals surface area contributed by atoms with E-state index in [4.69, 9.17) is 9.15 Å². The molecule has 4 aromatic carbocycles. The summed E-state index contributed by atoms with van der Waals surface area (Å²) in [5.74, 6) is 1.18. The van der Waals surface area contributed by atoms with Gasteiger partial charge in [-0.25, -0.2) is 16.8 Å². The highest BCUT2D eigenvalue weighted by Crippen LogP contribution is 2.34. The first-order valence-electron chi connectivity index (χ1n) is 10.4. The molecule has 5 rings (SSSR count). The molecule has 8 heteroatoms. The van der Waals surface area contributed by atoms with Gasteiger partial charge in [-0.2, -0.15) is 0 Å². The summed E-state index contributed by atoms with van der Waals surface area (Å²) in [6.45, 7) is 1.98. The van der Waals surface area contributed by atoms with Gasteiger partial charge in [-0.3, -0.25) is 0 Å². The van der Waals surface area contributed by atoms with E-state index < -0.39 is 19.7 Å². The first-order valence-corrected chi connectivity index (χ1v) is 13.7. The largest absolute Gasteiger partial charge is 0.457 e. The molecule has 1 heterocycles. The number of hydrogen-bond acceptors (Lipinski definition) is 6. The van der Waals surface area contributed by atoms with Gasteiger partial charge in [-0.15, -0.1) is 0 Å². The van der Waals surface area contributed by atoms with Crippen molar-refractivity contribution in [1.82, 2.24) is 0 Å². The van der Waals surface area contributed by atoms with Gasteiger partial charge in [0, 0.05) is 17.0 Å². The van der Waals surface area contributed by atoms with Gasteiger partial charge in [0.15, 0.2) is 9.84 Å². The highest BCUT2D eigenvalue weighted by molar-refractivity contribution is 7.91. The molecule has 0 bridgehead atoms. The second-order valence-electron chi connectivity index (χ2n) is 8.08. The van der Waals surface area contributed by atoms with Crippen LogP contribution in [-0.2, 0) is 19.7 Å². The van der Waals surface area contributed by atoms with Gasteiger partial charge in [-0.05, 0) is 79.7 Å². The van der Waals surface area contributed by atoms with Gasteiger partial charge in [0.2, 0.25) is 9.84 Å². The minimum atomic E-state index is -3.83. The summed E-state index contributed by atoms with van der Waals surface area (Å²) in [5.41, 5.74) is 2.07. The molecular formula is C26H20O6S2. The van der Waals surface area contributed by atoms with E-state index >= 15 is 0 Å². The Morgan fingerprint density at radius 2 is 1.09 bits per heavy atom. The smallest absolute Gasteiger partial charge is 0.206 e. The van der Waals surface area contributed by atoms with Crippen LogP contribution in [0.1, 0.15) is 5.56 Å². The molecular weight excluding hydrogens is 472 g/mol. The second kappa shape index (κ2) is 8.00. The number of rotatable bonds is 5. The lowest BCUT2D eigenvalue weighted by Crippen LogP contribution is -2.01. The van der Waals surface area contributed by atoms with Crippen LogP contribution in [0.3, 0.4) is 0 Å². The van der Waals surface area contributed by atoms with Gasteiger partial charge in [0.25, 0.3) is 0 Å². The molecule has 0 atom stereocenters. The summed E-state index contributed by atoms with van der Waals surface area (Å²) >= 11 is 0. The molecule has 0 radical (unpaired) electrons. The normalized spacial score (nSPS) is 12.3. The third kappa shape index (κ3) is 4.06. The minimum Gasteiger partial charge on any atom is -0.457 e. The van der Waals surface area contributed by atoms with Crippen LogP contribution in [-0.4, -0.2) is 23.1 Å². The fourth-order valence-corrected chi connectivity index (χ4v) is 5.63. The molecule has 0 amide bonds. The Labute approximate surface area is 197 Å². The molecule has 0 saturated carbocycles. The van der Waals surface area contributed by atoms with Crippen LogP contribution in [0.15, 0.2) is 104 Å². The molecule has 172 valence electrons. The van der Waals surface area contributed by atoms with Crippen molar-refractivity contribution in [2.24, 2.45) is 0 Å². The molecule has 0 spiro atoms. The van der Waals surface area contributed by atoms with Crippen molar-refractivity contribution in [2.45, 2.75) is 21.6 Å². The summed E-state index contributed by atoms with van der Waals surface area (Å²) < 4.78 is 62.1. The monoisotopic (exact) mass is 492 g/mol. The number of fused-ring (bicyclic) bond motifs is 3. The van der Waals surface area contributed by atoms with Crippen LogP contribution in [0, 0.1) is 6.92 Å². The first-order chi connectivity index (χ1) is 16.1. The third-order valence-corrected chi connectivity index (χ3v) is 8.42. The molecule has 0 aliphatic heterocycles. The van der Waals surface area contributed by atoms with Crippen molar-refractivity contribution >= 4 is 41.6 Å². The Bertz CT molecular complexity index is 1750. The molecule has 0 saturated heterocycles. The average Bonchev–Trinajstić information content (AvgIpc) is 3.17. The van der Waals surface area contributed by atoms with Crippen molar-refractivity contribution in [3.8, 4) is 11.5 Å². The zero-order chi connectivity index (χ0) is 24.1. The van der Waals surface area contributed by atoms with E-state index in [2.05, 4.69) is 0 Å². The molecule has 0 fully saturated rings. The van der Waals surface area contributed by atoms with E-state index in [9.17, 15) is 16.8 Å². The Hall–Kier alpha value is -3.62. The van der Waals surface area contributed by atoms with Crippen LogP contribution in [0.25, 0.3) is 21.9 Å². The lowest BCUT2D eigenvalue weighted by molar-refractivity contribution is 0.482. The molecule has 0 unspecified atom stereocenters. The summed E-state index contributed by atoms with van der Waals surface area (Å²) in [7, 11) is -7.25. The van der Waals surface area contributed by atoms with Crippen molar-refractivity contribution in [3.05, 3.63) is 90.5 Å². The van der Waals surface area contributed by atoms with Crippen molar-refractivity contribution in [2.75, 3.05) is 6.26 Å². The molecule has 0 aliphatic carbocycles. The fourth-order valence-electron chi connectivity index (χ4n) is 3.70.